The maximum atomic E-state index is 12.5. The summed E-state index contributed by atoms with van der Waals surface area (Å²) in [6.45, 7) is 2.44. The first-order valence-electron chi connectivity index (χ1n) is 8.23. The zero-order valence-electron chi connectivity index (χ0n) is 14.2. The lowest BCUT2D eigenvalue weighted by molar-refractivity contribution is -0.120. The monoisotopic (exact) mass is 369 g/mol. The Hall–Kier alpha value is -2.87. The van der Waals surface area contributed by atoms with Gasteiger partial charge in [-0.3, -0.25) is 4.79 Å². The lowest BCUT2D eigenvalue weighted by Gasteiger charge is -2.14. The van der Waals surface area contributed by atoms with E-state index in [0.29, 0.717) is 18.1 Å². The number of aromatic hydroxyl groups is 1. The molecule has 7 nitrogen and oxygen atoms in total. The van der Waals surface area contributed by atoms with Crippen molar-refractivity contribution in [2.45, 2.75) is 30.3 Å². The molecule has 1 aromatic heterocycles. The molecule has 0 aliphatic rings. The van der Waals surface area contributed by atoms with Crippen molar-refractivity contribution in [3.05, 3.63) is 60.2 Å². The molecule has 0 aliphatic heterocycles. The molecule has 0 aliphatic carbocycles. The van der Waals surface area contributed by atoms with Gasteiger partial charge in [-0.25, -0.2) is 0 Å². The number of hydrogen-bond donors (Lipinski definition) is 2. The molecule has 8 heteroatoms. The van der Waals surface area contributed by atoms with Crippen LogP contribution < -0.4 is 5.32 Å². The second kappa shape index (κ2) is 8.48. The summed E-state index contributed by atoms with van der Waals surface area (Å²) < 4.78 is 1.55. The van der Waals surface area contributed by atoms with Crippen molar-refractivity contribution in [2.75, 3.05) is 0 Å². The highest BCUT2D eigenvalue weighted by molar-refractivity contribution is 8.00. The first-order valence-corrected chi connectivity index (χ1v) is 9.11. The Kier molecular flexibility index (Phi) is 5.85. The van der Waals surface area contributed by atoms with E-state index in [0.717, 1.165) is 11.3 Å². The van der Waals surface area contributed by atoms with Crippen molar-refractivity contribution in [1.29, 1.82) is 0 Å². The van der Waals surface area contributed by atoms with Gasteiger partial charge >= 0.3 is 0 Å². The Morgan fingerprint density at radius 3 is 2.62 bits per heavy atom. The summed E-state index contributed by atoms with van der Waals surface area (Å²) in [6.07, 6.45) is 0.647. The van der Waals surface area contributed by atoms with E-state index in [9.17, 15) is 9.90 Å². The quantitative estimate of drug-likeness (QED) is 0.622. The van der Waals surface area contributed by atoms with Gasteiger partial charge in [0.1, 0.15) is 5.75 Å². The van der Waals surface area contributed by atoms with Gasteiger partial charge in [-0.15, -0.1) is 5.10 Å². The van der Waals surface area contributed by atoms with Crippen LogP contribution in [0.15, 0.2) is 59.8 Å². The third-order valence-electron chi connectivity index (χ3n) is 3.76. The van der Waals surface area contributed by atoms with Crippen molar-refractivity contribution in [3.8, 4) is 11.4 Å². The maximum absolute atomic E-state index is 12.5. The third-order valence-corrected chi connectivity index (χ3v) is 5.05. The van der Waals surface area contributed by atoms with Crippen LogP contribution in [0.1, 0.15) is 18.9 Å². The molecule has 3 rings (SSSR count). The van der Waals surface area contributed by atoms with Gasteiger partial charge in [0.2, 0.25) is 11.1 Å². The summed E-state index contributed by atoms with van der Waals surface area (Å²) >= 11 is 1.32. The van der Waals surface area contributed by atoms with E-state index in [-0.39, 0.29) is 16.9 Å². The van der Waals surface area contributed by atoms with E-state index in [2.05, 4.69) is 20.8 Å². The summed E-state index contributed by atoms with van der Waals surface area (Å²) in [6, 6.07) is 16.3. The second-order valence-electron chi connectivity index (χ2n) is 5.61. The number of hydrogen-bond acceptors (Lipinski definition) is 6. The molecule has 0 bridgehead atoms. The number of tetrazole rings is 1. The molecule has 134 valence electrons. The minimum Gasteiger partial charge on any atom is -0.508 e. The number of nitrogens with one attached hydrogen (secondary N) is 1. The van der Waals surface area contributed by atoms with E-state index >= 15 is 0 Å². The largest absolute Gasteiger partial charge is 0.508 e. The van der Waals surface area contributed by atoms with Crippen LogP contribution >= 0.6 is 11.8 Å². The Balaban J connectivity index is 1.67. The molecule has 1 unspecified atom stereocenters. The minimum absolute atomic E-state index is 0.0541. The molecule has 0 spiro atoms. The van der Waals surface area contributed by atoms with Gasteiger partial charge in [0.25, 0.3) is 0 Å². The molecule has 1 amide bonds. The number of phenolic OH excluding ortho intramolecular Hbond substituents is 1. The van der Waals surface area contributed by atoms with Crippen LogP contribution in [-0.4, -0.2) is 36.5 Å². The predicted molar refractivity (Wildman–Crippen MR) is 99.0 cm³/mol. The average Bonchev–Trinajstić information content (AvgIpc) is 3.14. The van der Waals surface area contributed by atoms with Gasteiger partial charge in [0, 0.05) is 6.54 Å². The molecule has 26 heavy (non-hydrogen) atoms. The fraction of sp³-hybridized carbons (Fsp3) is 0.222. The van der Waals surface area contributed by atoms with Crippen LogP contribution in [0.5, 0.6) is 5.75 Å². The number of amides is 1. The van der Waals surface area contributed by atoms with Crippen molar-refractivity contribution < 1.29 is 9.90 Å². The van der Waals surface area contributed by atoms with Crippen LogP contribution in [0.3, 0.4) is 0 Å². The van der Waals surface area contributed by atoms with Crippen LogP contribution in [0, 0.1) is 0 Å². The number of carbonyl (C=O) groups excluding carboxylic acids is 1. The molecular weight excluding hydrogens is 350 g/mol. The highest BCUT2D eigenvalue weighted by atomic mass is 32.2. The number of aromatic nitrogens is 4. The van der Waals surface area contributed by atoms with E-state index < -0.39 is 0 Å². The molecule has 0 saturated carbocycles. The SMILES string of the molecule is CCC(Sc1nnnn1-c1ccc(O)cc1)C(=O)NCc1ccccc1. The summed E-state index contributed by atoms with van der Waals surface area (Å²) in [4.78, 5) is 12.5. The predicted octanol–water partition coefficient (Wildman–Crippen LogP) is 2.56. The molecule has 3 aromatic rings. The Labute approximate surface area is 155 Å². The van der Waals surface area contributed by atoms with Gasteiger partial charge < -0.3 is 10.4 Å². The fourth-order valence-electron chi connectivity index (χ4n) is 2.36. The van der Waals surface area contributed by atoms with Crippen molar-refractivity contribution in [3.63, 3.8) is 0 Å². The topological polar surface area (TPSA) is 92.9 Å². The molecule has 1 atom stereocenters. The molecule has 0 radical (unpaired) electrons. The van der Waals surface area contributed by atoms with Gasteiger partial charge in [0.15, 0.2) is 0 Å². The van der Waals surface area contributed by atoms with Crippen LogP contribution in [-0.2, 0) is 11.3 Å². The van der Waals surface area contributed by atoms with Crippen LogP contribution in [0.25, 0.3) is 5.69 Å². The van der Waals surface area contributed by atoms with Crippen molar-refractivity contribution >= 4 is 17.7 Å². The lowest BCUT2D eigenvalue weighted by Crippen LogP contribution is -2.32. The first-order chi connectivity index (χ1) is 12.7. The van der Waals surface area contributed by atoms with Crippen LogP contribution in [0.4, 0.5) is 0 Å². The number of nitrogens with zero attached hydrogens (tertiary/aromatic N) is 4. The maximum Gasteiger partial charge on any atom is 0.233 e. The summed E-state index contributed by atoms with van der Waals surface area (Å²) in [7, 11) is 0. The Bertz CT molecular complexity index is 852. The van der Waals surface area contributed by atoms with Gasteiger partial charge in [-0.1, -0.05) is 49.0 Å². The van der Waals surface area contributed by atoms with Gasteiger partial charge in [-0.2, -0.15) is 4.68 Å². The summed E-state index contributed by atoms with van der Waals surface area (Å²) in [5.41, 5.74) is 1.77. The number of carbonyl (C=O) groups is 1. The molecule has 1 heterocycles. The number of thioether (sulfide) groups is 1. The number of benzene rings is 2. The molecule has 2 N–H and O–H groups in total. The number of rotatable bonds is 7. The normalized spacial score (nSPS) is 11.9. The smallest absolute Gasteiger partial charge is 0.233 e. The van der Waals surface area contributed by atoms with Crippen molar-refractivity contribution in [2.24, 2.45) is 0 Å². The highest BCUT2D eigenvalue weighted by Gasteiger charge is 2.21. The summed E-state index contributed by atoms with van der Waals surface area (Å²) in [5, 5.41) is 24.3. The van der Waals surface area contributed by atoms with E-state index in [1.54, 1.807) is 28.9 Å². The average molecular weight is 369 g/mol. The molecule has 2 aromatic carbocycles. The Morgan fingerprint density at radius 2 is 1.92 bits per heavy atom. The van der Waals surface area contributed by atoms with Gasteiger partial charge in [0.05, 0.1) is 10.9 Å². The molecule has 0 fully saturated rings. The van der Waals surface area contributed by atoms with E-state index in [1.807, 2.05) is 37.3 Å². The zero-order valence-corrected chi connectivity index (χ0v) is 15.1. The molecule has 0 saturated heterocycles. The Morgan fingerprint density at radius 1 is 1.19 bits per heavy atom. The highest BCUT2D eigenvalue weighted by Crippen LogP contribution is 2.25. The van der Waals surface area contributed by atoms with Crippen LogP contribution in [0.2, 0.25) is 0 Å². The number of phenols is 1. The first kappa shape index (κ1) is 17.9. The minimum atomic E-state index is -0.305. The van der Waals surface area contributed by atoms with E-state index in [4.69, 9.17) is 0 Å². The van der Waals surface area contributed by atoms with Crippen molar-refractivity contribution in [1.82, 2.24) is 25.5 Å². The second-order valence-corrected chi connectivity index (χ2v) is 6.78. The van der Waals surface area contributed by atoms with Gasteiger partial charge in [-0.05, 0) is 46.7 Å². The lowest BCUT2D eigenvalue weighted by atomic mass is 10.2. The summed E-state index contributed by atoms with van der Waals surface area (Å²) in [5.74, 6) is 0.115. The standard InChI is InChI=1S/C18H19N5O2S/c1-2-16(17(25)19-12-13-6-4-3-5-7-13)26-18-20-21-22-23(18)14-8-10-15(24)11-9-14/h3-11,16,24H,2,12H2,1H3,(H,19,25). The molecular formula is C18H19N5O2S. The third kappa shape index (κ3) is 4.40. The van der Waals surface area contributed by atoms with E-state index in [1.165, 1.54) is 11.8 Å². The fourth-order valence-corrected chi connectivity index (χ4v) is 3.29. The zero-order chi connectivity index (χ0) is 18.4.